The van der Waals surface area contributed by atoms with Gasteiger partial charge < -0.3 is 16.4 Å². The molecule has 0 fully saturated rings. The van der Waals surface area contributed by atoms with Crippen molar-refractivity contribution in [3.8, 4) is 0 Å². The number of hydrogen-bond donors (Lipinski definition) is 3. The van der Waals surface area contributed by atoms with E-state index in [9.17, 15) is 9.59 Å². The van der Waals surface area contributed by atoms with Crippen LogP contribution in [0.2, 0.25) is 0 Å². The number of nitrogens with one attached hydrogen (secondary N) is 2. The van der Waals surface area contributed by atoms with Gasteiger partial charge in [0.2, 0.25) is 0 Å². The molecular formula is C24H41N3O2. The smallest absolute Gasteiger partial charge is 0.251 e. The Balaban J connectivity index is 3.03. The number of carbonyl (C=O) groups excluding carboxylic acids is 2. The molecule has 0 aliphatic carbocycles. The number of carbonyl (C=O) groups is 2. The zero-order valence-electron chi connectivity index (χ0n) is 20.0. The Labute approximate surface area is 177 Å². The van der Waals surface area contributed by atoms with Crippen LogP contribution in [0.15, 0.2) is 18.2 Å². The van der Waals surface area contributed by atoms with Gasteiger partial charge in [-0.05, 0) is 69.6 Å². The second-order valence-electron chi connectivity index (χ2n) is 12.0. The van der Waals surface area contributed by atoms with Gasteiger partial charge in [0.05, 0.1) is 0 Å². The van der Waals surface area contributed by atoms with Crippen molar-refractivity contribution in [3.63, 3.8) is 0 Å². The van der Waals surface area contributed by atoms with Crippen molar-refractivity contribution in [2.75, 3.05) is 5.73 Å². The first-order chi connectivity index (χ1) is 12.8. The molecule has 1 aromatic carbocycles. The molecule has 5 nitrogen and oxygen atoms in total. The lowest BCUT2D eigenvalue weighted by atomic mass is 9.81. The van der Waals surface area contributed by atoms with Crippen LogP contribution in [0.3, 0.4) is 0 Å². The van der Waals surface area contributed by atoms with Crippen LogP contribution in [0.1, 0.15) is 103 Å². The summed E-state index contributed by atoms with van der Waals surface area (Å²) in [5.74, 6) is -0.455. The van der Waals surface area contributed by atoms with Crippen molar-refractivity contribution in [1.82, 2.24) is 10.6 Å². The lowest BCUT2D eigenvalue weighted by Gasteiger charge is -2.33. The standard InChI is InChI=1S/C24H41N3O2/c1-21(2,3)14-23(7,8)26-19(28)16-11-17(13-18(25)12-16)20(29)27-24(9,10)15-22(4,5)6/h11-13H,14-15,25H2,1-10H3,(H,26,28)(H,27,29). The molecule has 0 saturated heterocycles. The first-order valence-electron chi connectivity index (χ1n) is 10.3. The van der Waals surface area contributed by atoms with Gasteiger partial charge in [0, 0.05) is 27.9 Å². The van der Waals surface area contributed by atoms with E-state index in [1.54, 1.807) is 18.2 Å². The third-order valence-electron chi connectivity index (χ3n) is 4.33. The largest absolute Gasteiger partial charge is 0.399 e. The molecule has 0 heterocycles. The molecule has 1 rings (SSSR count). The molecule has 1 aromatic rings. The fraction of sp³-hybridized carbons (Fsp3) is 0.667. The van der Waals surface area contributed by atoms with E-state index in [1.165, 1.54) is 0 Å². The molecule has 0 aromatic heterocycles. The third kappa shape index (κ3) is 9.33. The minimum absolute atomic E-state index is 0.0795. The quantitative estimate of drug-likeness (QED) is 0.574. The lowest BCUT2D eigenvalue weighted by molar-refractivity contribution is 0.0888. The average molecular weight is 404 g/mol. The van der Waals surface area contributed by atoms with Crippen LogP contribution >= 0.6 is 0 Å². The Kier molecular flexibility index (Phi) is 7.21. The number of benzene rings is 1. The first kappa shape index (κ1) is 25.0. The summed E-state index contributed by atoms with van der Waals surface area (Å²) >= 11 is 0. The van der Waals surface area contributed by atoms with Crippen LogP contribution in [0.5, 0.6) is 0 Å². The highest BCUT2D eigenvalue weighted by molar-refractivity contribution is 6.01. The van der Waals surface area contributed by atoms with Crippen LogP contribution < -0.4 is 16.4 Å². The molecule has 29 heavy (non-hydrogen) atoms. The lowest BCUT2D eigenvalue weighted by Crippen LogP contribution is -2.46. The molecule has 0 aliphatic rings. The van der Waals surface area contributed by atoms with E-state index < -0.39 is 0 Å². The summed E-state index contributed by atoms with van der Waals surface area (Å²) in [4.78, 5) is 25.7. The monoisotopic (exact) mass is 403 g/mol. The Hall–Kier alpha value is -2.04. The number of anilines is 1. The van der Waals surface area contributed by atoms with Gasteiger partial charge in [-0.25, -0.2) is 0 Å². The molecule has 0 aliphatic heterocycles. The van der Waals surface area contributed by atoms with Gasteiger partial charge in [-0.1, -0.05) is 41.5 Å². The highest BCUT2D eigenvalue weighted by Gasteiger charge is 2.29. The van der Waals surface area contributed by atoms with Crippen molar-refractivity contribution in [2.45, 2.75) is 93.2 Å². The number of amides is 2. The van der Waals surface area contributed by atoms with Crippen molar-refractivity contribution >= 4 is 17.5 Å². The maximum atomic E-state index is 12.8. The van der Waals surface area contributed by atoms with Crippen LogP contribution in [0.4, 0.5) is 5.69 Å². The molecule has 0 bridgehead atoms. The van der Waals surface area contributed by atoms with E-state index in [-0.39, 0.29) is 33.7 Å². The Morgan fingerprint density at radius 3 is 1.28 bits per heavy atom. The van der Waals surface area contributed by atoms with E-state index in [0.29, 0.717) is 16.8 Å². The molecule has 2 amide bonds. The van der Waals surface area contributed by atoms with Crippen LogP contribution in [0, 0.1) is 10.8 Å². The van der Waals surface area contributed by atoms with Crippen molar-refractivity contribution in [2.24, 2.45) is 10.8 Å². The maximum absolute atomic E-state index is 12.8. The average Bonchev–Trinajstić information content (AvgIpc) is 2.39. The second kappa shape index (κ2) is 8.37. The van der Waals surface area contributed by atoms with Crippen LogP contribution in [0.25, 0.3) is 0 Å². The molecule has 4 N–H and O–H groups in total. The van der Waals surface area contributed by atoms with E-state index >= 15 is 0 Å². The molecule has 164 valence electrons. The molecule has 0 unspecified atom stereocenters. The normalized spacial score (nSPS) is 13.2. The van der Waals surface area contributed by atoms with E-state index in [1.807, 2.05) is 27.7 Å². The highest BCUT2D eigenvalue weighted by Crippen LogP contribution is 2.28. The van der Waals surface area contributed by atoms with E-state index in [4.69, 9.17) is 5.73 Å². The minimum Gasteiger partial charge on any atom is -0.399 e. The van der Waals surface area contributed by atoms with Gasteiger partial charge >= 0.3 is 0 Å². The summed E-state index contributed by atoms with van der Waals surface area (Å²) < 4.78 is 0. The molecule has 0 saturated carbocycles. The highest BCUT2D eigenvalue weighted by atomic mass is 16.2. The van der Waals surface area contributed by atoms with E-state index in [0.717, 1.165) is 12.8 Å². The predicted molar refractivity (Wildman–Crippen MR) is 122 cm³/mol. The van der Waals surface area contributed by atoms with Crippen molar-refractivity contribution in [1.29, 1.82) is 0 Å². The molecule has 5 heteroatoms. The molecule has 0 atom stereocenters. The van der Waals surface area contributed by atoms with Crippen molar-refractivity contribution in [3.05, 3.63) is 29.3 Å². The predicted octanol–water partition coefficient (Wildman–Crippen LogP) is 5.16. The van der Waals surface area contributed by atoms with Crippen LogP contribution in [-0.2, 0) is 0 Å². The Bertz CT molecular complexity index is 690. The summed E-state index contributed by atoms with van der Waals surface area (Å²) in [7, 11) is 0. The Morgan fingerprint density at radius 1 is 0.690 bits per heavy atom. The zero-order valence-corrected chi connectivity index (χ0v) is 20.0. The number of hydrogen-bond acceptors (Lipinski definition) is 3. The first-order valence-corrected chi connectivity index (χ1v) is 10.3. The third-order valence-corrected chi connectivity index (χ3v) is 4.33. The summed E-state index contributed by atoms with van der Waals surface area (Å²) in [5.41, 5.74) is 6.59. The number of nitrogen functional groups attached to an aromatic ring is 1. The fourth-order valence-electron chi connectivity index (χ4n) is 4.41. The topological polar surface area (TPSA) is 84.2 Å². The van der Waals surface area contributed by atoms with Gasteiger partial charge in [0.1, 0.15) is 0 Å². The summed E-state index contributed by atoms with van der Waals surface area (Å²) in [6, 6.07) is 4.83. The van der Waals surface area contributed by atoms with Gasteiger partial charge in [-0.3, -0.25) is 9.59 Å². The summed E-state index contributed by atoms with van der Waals surface area (Å²) in [6.07, 6.45) is 1.64. The number of rotatable bonds is 6. The summed E-state index contributed by atoms with van der Waals surface area (Å²) in [6.45, 7) is 20.9. The van der Waals surface area contributed by atoms with Gasteiger partial charge in [-0.15, -0.1) is 0 Å². The Morgan fingerprint density at radius 2 is 1.00 bits per heavy atom. The maximum Gasteiger partial charge on any atom is 0.251 e. The SMILES string of the molecule is CC(C)(C)CC(C)(C)NC(=O)c1cc(N)cc(C(=O)NC(C)(C)CC(C)(C)C)c1. The zero-order chi connectivity index (χ0) is 22.8. The van der Waals surface area contributed by atoms with Crippen molar-refractivity contribution < 1.29 is 9.59 Å². The summed E-state index contributed by atoms with van der Waals surface area (Å²) in [5, 5.41) is 6.15. The fourth-order valence-corrected chi connectivity index (χ4v) is 4.41. The van der Waals surface area contributed by atoms with Gasteiger partial charge in [0.25, 0.3) is 11.8 Å². The molecule has 0 radical (unpaired) electrons. The number of nitrogens with two attached hydrogens (primary N) is 1. The molecular weight excluding hydrogens is 362 g/mol. The molecule has 0 spiro atoms. The van der Waals surface area contributed by atoms with Gasteiger partial charge in [-0.2, -0.15) is 0 Å². The van der Waals surface area contributed by atoms with E-state index in [2.05, 4.69) is 52.2 Å². The van der Waals surface area contributed by atoms with Crippen LogP contribution in [-0.4, -0.2) is 22.9 Å². The second-order valence-corrected chi connectivity index (χ2v) is 12.0. The minimum atomic E-state index is -0.378. The van der Waals surface area contributed by atoms with Gasteiger partial charge in [0.15, 0.2) is 0 Å².